The van der Waals surface area contributed by atoms with E-state index in [0.29, 0.717) is 0 Å². The van der Waals surface area contributed by atoms with Gasteiger partial charge in [-0.2, -0.15) is 5.26 Å². The van der Waals surface area contributed by atoms with Gasteiger partial charge < -0.3 is 14.9 Å². The van der Waals surface area contributed by atoms with Crippen LogP contribution in [0.1, 0.15) is 42.5 Å². The van der Waals surface area contributed by atoms with Crippen LogP contribution in [0.25, 0.3) is 17.2 Å². The van der Waals surface area contributed by atoms with E-state index in [1.807, 2.05) is 24.3 Å². The van der Waals surface area contributed by atoms with Crippen LogP contribution < -0.4 is 9.80 Å². The van der Waals surface area contributed by atoms with Gasteiger partial charge in [0.05, 0.1) is 0 Å². The second-order valence-electron chi connectivity index (χ2n) is 12.2. The number of hydrogen-bond acceptors (Lipinski definition) is 4. The molecule has 5 heteroatoms. The van der Waals surface area contributed by atoms with E-state index in [2.05, 4.69) is 115 Å². The maximum absolute atomic E-state index is 11.4. The molecule has 0 radical (unpaired) electrons. The number of fused-ring (bicyclic) bond motifs is 4. The van der Waals surface area contributed by atoms with Gasteiger partial charge in [-0.3, -0.25) is 0 Å². The summed E-state index contributed by atoms with van der Waals surface area (Å²) in [6.07, 6.45) is 3.34. The number of carboxylic acid groups (broad SMARTS) is 1. The van der Waals surface area contributed by atoms with Gasteiger partial charge in [0.15, 0.2) is 0 Å². The Hall–Kier alpha value is -5.60. The number of benzene rings is 5. The van der Waals surface area contributed by atoms with Crippen molar-refractivity contribution < 1.29 is 9.90 Å². The van der Waals surface area contributed by atoms with Gasteiger partial charge in [-0.15, -0.1) is 0 Å². The molecule has 0 saturated heterocycles. The lowest BCUT2D eigenvalue weighted by atomic mass is 9.82. The van der Waals surface area contributed by atoms with E-state index in [4.69, 9.17) is 0 Å². The number of rotatable bonds is 6. The van der Waals surface area contributed by atoms with Gasteiger partial charge in [-0.1, -0.05) is 68.4 Å². The Kier molecular flexibility index (Phi) is 6.99. The molecule has 1 aliphatic carbocycles. The quantitative estimate of drug-likeness (QED) is 0.158. The molecule has 45 heavy (non-hydrogen) atoms. The number of carbonyl (C=O) groups is 1. The predicted molar refractivity (Wildman–Crippen MR) is 182 cm³/mol. The lowest BCUT2D eigenvalue weighted by molar-refractivity contribution is -0.132. The topological polar surface area (TPSA) is 67.6 Å². The van der Waals surface area contributed by atoms with Crippen molar-refractivity contribution in [2.75, 3.05) is 16.3 Å². The summed E-state index contributed by atoms with van der Waals surface area (Å²) < 4.78 is 0. The SMILES string of the molecule is CC1(C)c2cc(N3CCCc4cc(/C=C(\C#N)C(=O)O)ccc43)ccc2-c2ccc(N(c3ccccc3)c3ccccc3)cc21. The third kappa shape index (κ3) is 4.95. The van der Waals surface area contributed by atoms with Crippen molar-refractivity contribution in [3.63, 3.8) is 0 Å². The first kappa shape index (κ1) is 28.2. The third-order valence-corrected chi connectivity index (χ3v) is 9.13. The molecule has 0 amide bonds. The molecule has 220 valence electrons. The Morgan fingerprint density at radius 2 is 1.47 bits per heavy atom. The number of aryl methyl sites for hydroxylation is 1. The van der Waals surface area contributed by atoms with E-state index in [1.54, 1.807) is 6.07 Å². The number of carboxylic acids is 1. The molecule has 2 aliphatic rings. The Morgan fingerprint density at radius 3 is 2.11 bits per heavy atom. The minimum Gasteiger partial charge on any atom is -0.477 e. The Balaban J connectivity index is 1.26. The summed E-state index contributed by atoms with van der Waals surface area (Å²) in [6.45, 7) is 5.54. The first-order valence-corrected chi connectivity index (χ1v) is 15.3. The summed E-state index contributed by atoms with van der Waals surface area (Å²) in [7, 11) is 0. The highest BCUT2D eigenvalue weighted by Crippen LogP contribution is 2.52. The highest BCUT2D eigenvalue weighted by molar-refractivity contribution is 5.96. The fourth-order valence-electron chi connectivity index (χ4n) is 6.91. The number of anilines is 5. The van der Waals surface area contributed by atoms with Crippen LogP contribution in [-0.4, -0.2) is 17.6 Å². The van der Waals surface area contributed by atoms with Crippen molar-refractivity contribution >= 4 is 40.5 Å². The molecule has 0 saturated carbocycles. The summed E-state index contributed by atoms with van der Waals surface area (Å²) in [6, 6.07) is 42.5. The van der Waals surface area contributed by atoms with Crippen LogP contribution in [0.5, 0.6) is 0 Å². The summed E-state index contributed by atoms with van der Waals surface area (Å²) in [5.41, 5.74) is 12.2. The molecule has 0 bridgehead atoms. The maximum atomic E-state index is 11.4. The maximum Gasteiger partial charge on any atom is 0.346 e. The molecule has 1 aliphatic heterocycles. The molecule has 0 unspecified atom stereocenters. The van der Waals surface area contributed by atoms with Crippen molar-refractivity contribution in [3.05, 3.63) is 143 Å². The van der Waals surface area contributed by atoms with Gasteiger partial charge >= 0.3 is 5.97 Å². The monoisotopic (exact) mass is 587 g/mol. The molecule has 0 spiro atoms. The third-order valence-electron chi connectivity index (χ3n) is 9.13. The standard InChI is InChI=1S/C40H33N3O2/c1-40(2)36-24-32(42-21-9-10-28-22-27(15-20-38(28)42)23-29(26-41)39(44)45)16-18-34(36)35-19-17-33(25-37(35)40)43(30-11-5-3-6-12-30)31-13-7-4-8-14-31/h3-8,11-20,22-25H,9-10,21H2,1-2H3,(H,44,45)/b29-23+. The number of para-hydroxylation sites is 2. The highest BCUT2D eigenvalue weighted by atomic mass is 16.4. The summed E-state index contributed by atoms with van der Waals surface area (Å²) >= 11 is 0. The van der Waals surface area contributed by atoms with E-state index in [-0.39, 0.29) is 11.0 Å². The number of nitriles is 1. The molecule has 0 fully saturated rings. The number of nitrogens with zero attached hydrogens (tertiary/aromatic N) is 3. The van der Waals surface area contributed by atoms with Gasteiger partial charge in [0.25, 0.3) is 0 Å². The fourth-order valence-corrected chi connectivity index (χ4v) is 6.91. The number of hydrogen-bond donors (Lipinski definition) is 1. The summed E-state index contributed by atoms with van der Waals surface area (Å²) in [4.78, 5) is 16.1. The van der Waals surface area contributed by atoms with E-state index < -0.39 is 5.97 Å². The molecule has 1 N–H and O–H groups in total. The second kappa shape index (κ2) is 11.2. The van der Waals surface area contributed by atoms with Crippen LogP contribution in [0.4, 0.5) is 28.4 Å². The Labute approximate surface area is 263 Å². The van der Waals surface area contributed by atoms with Gasteiger partial charge in [0.1, 0.15) is 11.6 Å². The first-order chi connectivity index (χ1) is 21.8. The van der Waals surface area contributed by atoms with Gasteiger partial charge in [-0.25, -0.2) is 4.79 Å². The molecule has 5 aromatic rings. The van der Waals surface area contributed by atoms with Crippen LogP contribution in [0.15, 0.2) is 121 Å². The van der Waals surface area contributed by atoms with Gasteiger partial charge in [-0.05, 0) is 113 Å². The van der Waals surface area contributed by atoms with Gasteiger partial charge in [0, 0.05) is 40.4 Å². The lowest BCUT2D eigenvalue weighted by Gasteiger charge is -2.33. The summed E-state index contributed by atoms with van der Waals surface area (Å²) in [5, 5.41) is 18.5. The average molecular weight is 588 g/mol. The molecule has 5 nitrogen and oxygen atoms in total. The summed E-state index contributed by atoms with van der Waals surface area (Å²) in [5.74, 6) is -1.21. The normalized spacial score (nSPS) is 14.6. The van der Waals surface area contributed by atoms with Crippen molar-refractivity contribution in [1.29, 1.82) is 5.26 Å². The molecule has 0 atom stereocenters. The molecular formula is C40H33N3O2. The lowest BCUT2D eigenvalue weighted by Crippen LogP contribution is -2.25. The zero-order valence-electron chi connectivity index (χ0n) is 25.4. The molecule has 0 aromatic heterocycles. The Morgan fingerprint density at radius 1 is 0.822 bits per heavy atom. The average Bonchev–Trinajstić information content (AvgIpc) is 3.29. The predicted octanol–water partition coefficient (Wildman–Crippen LogP) is 9.54. The van der Waals surface area contributed by atoms with Gasteiger partial charge in [0.2, 0.25) is 0 Å². The van der Waals surface area contributed by atoms with Crippen LogP contribution in [0.2, 0.25) is 0 Å². The van der Waals surface area contributed by atoms with Crippen LogP contribution in [0, 0.1) is 11.3 Å². The van der Waals surface area contributed by atoms with E-state index in [1.165, 1.54) is 28.3 Å². The molecule has 5 aromatic carbocycles. The largest absolute Gasteiger partial charge is 0.477 e. The zero-order valence-corrected chi connectivity index (χ0v) is 25.4. The minimum absolute atomic E-state index is 0.201. The van der Waals surface area contributed by atoms with Crippen LogP contribution in [-0.2, 0) is 16.6 Å². The first-order valence-electron chi connectivity index (χ1n) is 15.3. The van der Waals surface area contributed by atoms with E-state index >= 15 is 0 Å². The molecular weight excluding hydrogens is 554 g/mol. The molecule has 7 rings (SSSR count). The van der Waals surface area contributed by atoms with Crippen molar-refractivity contribution in [1.82, 2.24) is 0 Å². The van der Waals surface area contributed by atoms with E-state index in [0.717, 1.165) is 59.0 Å². The van der Waals surface area contributed by atoms with Crippen molar-refractivity contribution in [2.45, 2.75) is 32.1 Å². The second-order valence-corrected chi connectivity index (χ2v) is 12.2. The van der Waals surface area contributed by atoms with Crippen LogP contribution in [0.3, 0.4) is 0 Å². The molecule has 1 heterocycles. The minimum atomic E-state index is -1.21. The van der Waals surface area contributed by atoms with E-state index in [9.17, 15) is 15.2 Å². The zero-order chi connectivity index (χ0) is 31.1. The van der Waals surface area contributed by atoms with Crippen molar-refractivity contribution in [2.24, 2.45) is 0 Å². The van der Waals surface area contributed by atoms with Crippen molar-refractivity contribution in [3.8, 4) is 17.2 Å². The smallest absolute Gasteiger partial charge is 0.346 e. The Bertz CT molecular complexity index is 1970. The van der Waals surface area contributed by atoms with Crippen LogP contribution >= 0.6 is 0 Å². The number of aliphatic carboxylic acids is 1. The highest BCUT2D eigenvalue weighted by Gasteiger charge is 2.37. The fraction of sp³-hybridized carbons (Fsp3) is 0.150.